The zero-order chi connectivity index (χ0) is 18.5. The summed E-state index contributed by atoms with van der Waals surface area (Å²) in [7, 11) is 0. The Balaban J connectivity index is 1.53. The van der Waals surface area contributed by atoms with Crippen LogP contribution < -0.4 is 15.8 Å². The molecule has 1 aliphatic carbocycles. The number of amides is 1. The third-order valence-corrected chi connectivity index (χ3v) is 4.43. The van der Waals surface area contributed by atoms with Crippen molar-refractivity contribution in [3.63, 3.8) is 0 Å². The molecule has 0 bridgehead atoms. The number of aryl methyl sites for hydroxylation is 1. The molecule has 3 rings (SSSR count). The van der Waals surface area contributed by atoms with Crippen LogP contribution in [0.1, 0.15) is 43.0 Å². The summed E-state index contributed by atoms with van der Waals surface area (Å²) in [5.74, 6) is -0.303. The summed E-state index contributed by atoms with van der Waals surface area (Å²) >= 11 is 0. The van der Waals surface area contributed by atoms with Crippen molar-refractivity contribution < 1.29 is 22.8 Å². The Morgan fingerprint density at radius 1 is 1.42 bits per heavy atom. The molecule has 0 saturated heterocycles. The molecular weight excluding hydrogens is 348 g/mol. The van der Waals surface area contributed by atoms with Crippen LogP contribution in [0.4, 0.5) is 8.78 Å². The molecule has 1 aromatic heterocycles. The van der Waals surface area contributed by atoms with E-state index in [1.165, 1.54) is 12.1 Å². The zero-order valence-electron chi connectivity index (χ0n) is 13.9. The first-order chi connectivity index (χ1) is 12.5. The van der Waals surface area contributed by atoms with E-state index in [-0.39, 0.29) is 30.0 Å². The summed E-state index contributed by atoms with van der Waals surface area (Å²) in [5, 5.41) is 6.67. The van der Waals surface area contributed by atoms with Gasteiger partial charge >= 0.3 is 12.4 Å². The average Bonchev–Trinajstić information content (AvgIpc) is 3.21. The number of alkyl halides is 2. The third-order valence-electron chi connectivity index (χ3n) is 4.43. The first-order valence-corrected chi connectivity index (χ1v) is 8.40. The molecule has 9 heteroatoms. The van der Waals surface area contributed by atoms with Crippen molar-refractivity contribution in [2.24, 2.45) is 0 Å². The standard InChI is InChI=1S/C17H19F2N3O4/c18-16(19)25-11-4-1-3-10(9-11)7-8-14(23)20-13-6-2-5-12(13)15-21-17(24)26-22-15/h1,3-4,9,12-13,16H,2,5-8H2,(H,20,23)(H,21,22,24). The number of nitrogens with one attached hydrogen (secondary N) is 2. The third kappa shape index (κ3) is 4.68. The Labute approximate surface area is 147 Å². The first-order valence-electron chi connectivity index (χ1n) is 8.40. The average molecular weight is 367 g/mol. The van der Waals surface area contributed by atoms with Crippen molar-refractivity contribution in [3.05, 3.63) is 46.2 Å². The molecule has 2 atom stereocenters. The normalized spacial score (nSPS) is 19.7. The van der Waals surface area contributed by atoms with Gasteiger partial charge in [-0.15, -0.1) is 0 Å². The number of H-pyrrole nitrogens is 1. The van der Waals surface area contributed by atoms with Gasteiger partial charge in [0.25, 0.3) is 0 Å². The number of aromatic nitrogens is 2. The highest BCUT2D eigenvalue weighted by atomic mass is 19.3. The summed E-state index contributed by atoms with van der Waals surface area (Å²) in [6.07, 6.45) is 3.14. The van der Waals surface area contributed by atoms with Crippen LogP contribution in [0.15, 0.2) is 33.6 Å². The van der Waals surface area contributed by atoms with E-state index in [0.717, 1.165) is 24.8 Å². The van der Waals surface area contributed by atoms with E-state index in [1.54, 1.807) is 12.1 Å². The van der Waals surface area contributed by atoms with Crippen LogP contribution in [0, 0.1) is 0 Å². The molecule has 26 heavy (non-hydrogen) atoms. The highest BCUT2D eigenvalue weighted by molar-refractivity contribution is 5.76. The predicted octanol–water partition coefficient (Wildman–Crippen LogP) is 2.35. The lowest BCUT2D eigenvalue weighted by Crippen LogP contribution is -2.37. The van der Waals surface area contributed by atoms with Gasteiger partial charge in [-0.25, -0.2) is 4.79 Å². The SMILES string of the molecule is O=C(CCc1cccc(OC(F)F)c1)NC1CCCC1c1noc(=O)[nH]1. The smallest absolute Gasteiger partial charge is 0.435 e. The molecule has 1 fully saturated rings. The monoisotopic (exact) mass is 367 g/mol. The quantitative estimate of drug-likeness (QED) is 0.783. The molecule has 1 heterocycles. The lowest BCUT2D eigenvalue weighted by Gasteiger charge is -2.18. The second kappa shape index (κ2) is 8.11. The van der Waals surface area contributed by atoms with E-state index in [0.29, 0.717) is 12.2 Å². The number of hydrogen-bond acceptors (Lipinski definition) is 5. The number of carbonyl (C=O) groups excluding carboxylic acids is 1. The van der Waals surface area contributed by atoms with Gasteiger partial charge in [0.2, 0.25) is 5.91 Å². The molecule has 140 valence electrons. The topological polar surface area (TPSA) is 97.2 Å². The minimum absolute atomic E-state index is 0.0729. The molecule has 0 aliphatic heterocycles. The first kappa shape index (κ1) is 18.1. The van der Waals surface area contributed by atoms with Crippen LogP contribution in [0.3, 0.4) is 0 Å². The fourth-order valence-corrected chi connectivity index (χ4v) is 3.28. The van der Waals surface area contributed by atoms with Gasteiger partial charge in [0.1, 0.15) is 5.75 Å². The van der Waals surface area contributed by atoms with Crippen molar-refractivity contribution in [2.75, 3.05) is 0 Å². The van der Waals surface area contributed by atoms with Crippen molar-refractivity contribution in [1.29, 1.82) is 0 Å². The van der Waals surface area contributed by atoms with E-state index in [9.17, 15) is 18.4 Å². The maximum Gasteiger partial charge on any atom is 0.438 e. The Kier molecular flexibility index (Phi) is 5.65. The number of carbonyl (C=O) groups is 1. The van der Waals surface area contributed by atoms with Crippen molar-refractivity contribution in [2.45, 2.75) is 50.7 Å². The van der Waals surface area contributed by atoms with Gasteiger partial charge in [-0.3, -0.25) is 14.3 Å². The summed E-state index contributed by atoms with van der Waals surface area (Å²) in [6.45, 7) is -2.88. The maximum atomic E-state index is 12.3. The minimum atomic E-state index is -2.88. The van der Waals surface area contributed by atoms with Crippen molar-refractivity contribution in [3.8, 4) is 5.75 Å². The number of halogens is 2. The molecule has 1 amide bonds. The maximum absolute atomic E-state index is 12.3. The number of nitrogens with zero attached hydrogens (tertiary/aromatic N) is 1. The summed E-state index contributed by atoms with van der Waals surface area (Å²) in [5.41, 5.74) is 0.738. The van der Waals surface area contributed by atoms with E-state index >= 15 is 0 Å². The molecule has 1 aliphatic rings. The lowest BCUT2D eigenvalue weighted by atomic mass is 10.0. The van der Waals surface area contributed by atoms with E-state index in [1.807, 2.05) is 0 Å². The van der Waals surface area contributed by atoms with E-state index < -0.39 is 12.4 Å². The molecule has 2 aromatic rings. The van der Waals surface area contributed by atoms with Gasteiger partial charge in [0, 0.05) is 18.4 Å². The largest absolute Gasteiger partial charge is 0.438 e. The van der Waals surface area contributed by atoms with Crippen molar-refractivity contribution in [1.82, 2.24) is 15.5 Å². The number of ether oxygens (including phenoxy) is 1. The van der Waals surface area contributed by atoms with Gasteiger partial charge in [-0.05, 0) is 37.0 Å². The fraction of sp³-hybridized carbons (Fsp3) is 0.471. The molecular formula is C17H19F2N3O4. The Hall–Kier alpha value is -2.71. The highest BCUT2D eigenvalue weighted by Gasteiger charge is 2.32. The Morgan fingerprint density at radius 2 is 2.27 bits per heavy atom. The van der Waals surface area contributed by atoms with Gasteiger partial charge in [-0.2, -0.15) is 8.78 Å². The second-order valence-corrected chi connectivity index (χ2v) is 6.22. The van der Waals surface area contributed by atoms with Crippen LogP contribution in [-0.4, -0.2) is 28.7 Å². The Bertz CT molecular complexity index is 805. The highest BCUT2D eigenvalue weighted by Crippen LogP contribution is 2.32. The minimum Gasteiger partial charge on any atom is -0.435 e. The predicted molar refractivity (Wildman–Crippen MR) is 87.0 cm³/mol. The number of aromatic amines is 1. The van der Waals surface area contributed by atoms with Crippen LogP contribution in [0.2, 0.25) is 0 Å². The fourth-order valence-electron chi connectivity index (χ4n) is 3.28. The molecule has 2 N–H and O–H groups in total. The summed E-state index contributed by atoms with van der Waals surface area (Å²) in [4.78, 5) is 25.9. The summed E-state index contributed by atoms with van der Waals surface area (Å²) < 4.78 is 33.4. The molecule has 0 radical (unpaired) electrons. The zero-order valence-corrected chi connectivity index (χ0v) is 13.9. The molecule has 1 aromatic carbocycles. The number of hydrogen-bond donors (Lipinski definition) is 2. The van der Waals surface area contributed by atoms with Crippen LogP contribution in [0.5, 0.6) is 5.75 Å². The summed E-state index contributed by atoms with van der Waals surface area (Å²) in [6, 6.07) is 6.19. The number of rotatable bonds is 7. The van der Waals surface area contributed by atoms with Crippen LogP contribution >= 0.6 is 0 Å². The second-order valence-electron chi connectivity index (χ2n) is 6.22. The number of benzene rings is 1. The van der Waals surface area contributed by atoms with Gasteiger partial charge < -0.3 is 10.1 Å². The van der Waals surface area contributed by atoms with Crippen LogP contribution in [0.25, 0.3) is 0 Å². The molecule has 7 nitrogen and oxygen atoms in total. The van der Waals surface area contributed by atoms with Crippen molar-refractivity contribution >= 4 is 5.91 Å². The molecule has 0 spiro atoms. The van der Waals surface area contributed by atoms with Crippen LogP contribution in [-0.2, 0) is 11.2 Å². The lowest BCUT2D eigenvalue weighted by molar-refractivity contribution is -0.121. The van der Waals surface area contributed by atoms with Gasteiger partial charge in [-0.1, -0.05) is 23.7 Å². The Morgan fingerprint density at radius 3 is 3.00 bits per heavy atom. The molecule has 1 saturated carbocycles. The van der Waals surface area contributed by atoms with E-state index in [2.05, 4.69) is 24.7 Å². The van der Waals surface area contributed by atoms with Gasteiger partial charge in [0.15, 0.2) is 5.82 Å². The van der Waals surface area contributed by atoms with E-state index in [4.69, 9.17) is 0 Å². The van der Waals surface area contributed by atoms with Gasteiger partial charge in [0.05, 0.1) is 0 Å². The molecule has 2 unspecified atom stereocenters.